The minimum Gasteiger partial charge on any atom is -0.480 e. The third-order valence-electron chi connectivity index (χ3n) is 1.97. The maximum atomic E-state index is 11.7. The molecule has 0 amide bonds. The highest BCUT2D eigenvalue weighted by Gasteiger charge is 2.08. The summed E-state index contributed by atoms with van der Waals surface area (Å²) < 4.78 is 0.790. The third-order valence-corrected chi connectivity index (χ3v) is 2.21. The van der Waals surface area contributed by atoms with Crippen molar-refractivity contribution in [3.63, 3.8) is 0 Å². The number of carboxylic acids is 1. The Morgan fingerprint density at radius 3 is 2.94 bits per heavy atom. The van der Waals surface area contributed by atoms with Gasteiger partial charge in [0, 0.05) is 5.02 Å². The first-order valence-electron chi connectivity index (χ1n) is 4.33. The first-order valence-corrected chi connectivity index (χ1v) is 4.70. The van der Waals surface area contributed by atoms with E-state index in [4.69, 9.17) is 16.7 Å². The van der Waals surface area contributed by atoms with Gasteiger partial charge in [-0.1, -0.05) is 16.8 Å². The summed E-state index contributed by atoms with van der Waals surface area (Å²) in [5, 5.41) is 16.5. The molecule has 6 nitrogen and oxygen atoms in total. The lowest BCUT2D eigenvalue weighted by molar-refractivity contribution is -0.138. The van der Waals surface area contributed by atoms with E-state index >= 15 is 0 Å². The van der Waals surface area contributed by atoms with Crippen LogP contribution in [-0.2, 0) is 11.3 Å². The van der Waals surface area contributed by atoms with Crippen molar-refractivity contribution in [3.8, 4) is 0 Å². The zero-order valence-electron chi connectivity index (χ0n) is 7.92. The molecule has 2 rings (SSSR count). The predicted octanol–water partition coefficient (Wildman–Crippen LogP) is 0.529. The number of halogens is 1. The van der Waals surface area contributed by atoms with Crippen LogP contribution in [-0.4, -0.2) is 26.1 Å². The van der Waals surface area contributed by atoms with Crippen LogP contribution >= 0.6 is 11.6 Å². The molecule has 0 radical (unpaired) electrons. The Hall–Kier alpha value is -1.95. The van der Waals surface area contributed by atoms with Gasteiger partial charge in [0.15, 0.2) is 0 Å². The largest absolute Gasteiger partial charge is 0.480 e. The van der Waals surface area contributed by atoms with Gasteiger partial charge >= 0.3 is 5.97 Å². The van der Waals surface area contributed by atoms with E-state index in [0.717, 1.165) is 4.68 Å². The Labute approximate surface area is 94.1 Å². The SMILES string of the molecule is O=C(O)Cn1nnc2cc(Cl)ccc2c1=O. The number of carboxylic acid groups (broad SMARTS) is 1. The van der Waals surface area contributed by atoms with Gasteiger partial charge in [-0.25, -0.2) is 0 Å². The highest BCUT2D eigenvalue weighted by molar-refractivity contribution is 6.31. The molecule has 0 aliphatic rings. The maximum Gasteiger partial charge on any atom is 0.325 e. The molecule has 0 unspecified atom stereocenters. The number of aliphatic carboxylic acids is 1. The van der Waals surface area contributed by atoms with E-state index < -0.39 is 18.1 Å². The van der Waals surface area contributed by atoms with Gasteiger partial charge in [-0.2, -0.15) is 4.68 Å². The average Bonchev–Trinajstić information content (AvgIpc) is 2.22. The Bertz CT molecular complexity index is 623. The van der Waals surface area contributed by atoms with Crippen molar-refractivity contribution in [1.29, 1.82) is 0 Å². The Morgan fingerprint density at radius 2 is 2.25 bits per heavy atom. The lowest BCUT2D eigenvalue weighted by Crippen LogP contribution is -2.27. The number of aromatic nitrogens is 3. The molecule has 0 bridgehead atoms. The summed E-state index contributed by atoms with van der Waals surface area (Å²) in [6, 6.07) is 4.53. The normalized spacial score (nSPS) is 10.6. The minimum atomic E-state index is -1.15. The van der Waals surface area contributed by atoms with Crippen LogP contribution in [0.5, 0.6) is 0 Å². The average molecular weight is 240 g/mol. The van der Waals surface area contributed by atoms with E-state index in [0.29, 0.717) is 15.9 Å². The number of benzene rings is 1. The summed E-state index contributed by atoms with van der Waals surface area (Å²) in [7, 11) is 0. The Kier molecular flexibility index (Phi) is 2.57. The van der Waals surface area contributed by atoms with Crippen molar-refractivity contribution in [1.82, 2.24) is 15.0 Å². The van der Waals surface area contributed by atoms with Crippen LogP contribution in [0.25, 0.3) is 10.9 Å². The van der Waals surface area contributed by atoms with Gasteiger partial charge in [-0.3, -0.25) is 9.59 Å². The van der Waals surface area contributed by atoms with E-state index in [1.807, 2.05) is 0 Å². The summed E-state index contributed by atoms with van der Waals surface area (Å²) in [6.45, 7) is -0.510. The van der Waals surface area contributed by atoms with Crippen molar-refractivity contribution in [2.75, 3.05) is 0 Å². The summed E-state index contributed by atoms with van der Waals surface area (Å²) in [5.41, 5.74) is -0.150. The van der Waals surface area contributed by atoms with Crippen molar-refractivity contribution in [2.45, 2.75) is 6.54 Å². The number of rotatable bonds is 2. The molecule has 0 saturated heterocycles. The van der Waals surface area contributed by atoms with E-state index in [1.165, 1.54) is 18.2 Å². The first kappa shape index (κ1) is 10.6. The molecular formula is C9H6ClN3O3. The molecule has 0 saturated carbocycles. The molecule has 1 aromatic carbocycles. The molecule has 1 aromatic heterocycles. The number of nitrogens with zero attached hydrogens (tertiary/aromatic N) is 3. The van der Waals surface area contributed by atoms with Crippen LogP contribution in [0.2, 0.25) is 5.02 Å². The Balaban J connectivity index is 2.66. The van der Waals surface area contributed by atoms with Gasteiger partial charge in [-0.15, -0.1) is 5.10 Å². The standard InChI is InChI=1S/C9H6ClN3O3/c10-5-1-2-6-7(3-5)11-12-13(9(6)16)4-8(14)15/h1-3H,4H2,(H,14,15). The van der Waals surface area contributed by atoms with Crippen LogP contribution in [0.4, 0.5) is 0 Å². The number of hydrogen-bond donors (Lipinski definition) is 1. The van der Waals surface area contributed by atoms with Crippen molar-refractivity contribution in [2.24, 2.45) is 0 Å². The molecule has 2 aromatic rings. The zero-order chi connectivity index (χ0) is 11.7. The monoisotopic (exact) mass is 239 g/mol. The summed E-state index contributed by atoms with van der Waals surface area (Å²) in [6.07, 6.45) is 0. The summed E-state index contributed by atoms with van der Waals surface area (Å²) in [5.74, 6) is -1.15. The summed E-state index contributed by atoms with van der Waals surface area (Å²) in [4.78, 5) is 22.2. The second-order valence-electron chi connectivity index (χ2n) is 3.11. The van der Waals surface area contributed by atoms with Gasteiger partial charge in [0.05, 0.1) is 5.39 Å². The molecular weight excluding hydrogens is 234 g/mol. The van der Waals surface area contributed by atoms with Crippen LogP contribution < -0.4 is 5.56 Å². The van der Waals surface area contributed by atoms with Crippen LogP contribution in [0.15, 0.2) is 23.0 Å². The quantitative estimate of drug-likeness (QED) is 0.826. The van der Waals surface area contributed by atoms with E-state index in [9.17, 15) is 9.59 Å². The molecule has 0 fully saturated rings. The summed E-state index contributed by atoms with van der Waals surface area (Å²) >= 11 is 5.72. The number of fused-ring (bicyclic) bond motifs is 1. The van der Waals surface area contributed by atoms with Crippen molar-refractivity contribution in [3.05, 3.63) is 33.6 Å². The molecule has 82 valence electrons. The molecule has 0 atom stereocenters. The second-order valence-corrected chi connectivity index (χ2v) is 3.54. The van der Waals surface area contributed by atoms with Crippen molar-refractivity contribution < 1.29 is 9.90 Å². The Morgan fingerprint density at radius 1 is 1.50 bits per heavy atom. The molecule has 1 heterocycles. The number of hydrogen-bond acceptors (Lipinski definition) is 4. The van der Waals surface area contributed by atoms with Crippen molar-refractivity contribution >= 4 is 28.5 Å². The topological polar surface area (TPSA) is 85.1 Å². The van der Waals surface area contributed by atoms with Gasteiger partial charge in [0.25, 0.3) is 5.56 Å². The van der Waals surface area contributed by atoms with E-state index in [-0.39, 0.29) is 0 Å². The van der Waals surface area contributed by atoms with Gasteiger partial charge < -0.3 is 5.11 Å². The lowest BCUT2D eigenvalue weighted by Gasteiger charge is -2.01. The minimum absolute atomic E-state index is 0.292. The second kappa shape index (κ2) is 3.90. The molecule has 16 heavy (non-hydrogen) atoms. The van der Waals surface area contributed by atoms with Crippen LogP contribution in [0.3, 0.4) is 0 Å². The zero-order valence-corrected chi connectivity index (χ0v) is 8.68. The van der Waals surface area contributed by atoms with E-state index in [2.05, 4.69) is 10.3 Å². The van der Waals surface area contributed by atoms with Crippen LogP contribution in [0, 0.1) is 0 Å². The van der Waals surface area contributed by atoms with Gasteiger partial charge in [0.2, 0.25) is 0 Å². The van der Waals surface area contributed by atoms with Crippen LogP contribution in [0.1, 0.15) is 0 Å². The molecule has 0 spiro atoms. The van der Waals surface area contributed by atoms with Gasteiger partial charge in [0.1, 0.15) is 12.1 Å². The fourth-order valence-electron chi connectivity index (χ4n) is 1.28. The predicted molar refractivity (Wildman–Crippen MR) is 56.4 cm³/mol. The first-order chi connectivity index (χ1) is 7.58. The molecule has 1 N–H and O–H groups in total. The highest BCUT2D eigenvalue weighted by Crippen LogP contribution is 2.13. The van der Waals surface area contributed by atoms with E-state index in [1.54, 1.807) is 0 Å². The number of carbonyl (C=O) groups is 1. The van der Waals surface area contributed by atoms with Gasteiger partial charge in [-0.05, 0) is 18.2 Å². The molecule has 0 aliphatic carbocycles. The molecule has 0 aliphatic heterocycles. The maximum absolute atomic E-state index is 11.7. The fourth-order valence-corrected chi connectivity index (χ4v) is 1.45. The smallest absolute Gasteiger partial charge is 0.325 e. The lowest BCUT2D eigenvalue weighted by atomic mass is 10.2. The highest BCUT2D eigenvalue weighted by atomic mass is 35.5. The molecule has 7 heteroatoms. The fraction of sp³-hybridized carbons (Fsp3) is 0.111. The third kappa shape index (κ3) is 1.87.